The number of carbonyl (C=O) groups excluding carboxylic acids is 1. The number of halogens is 2. The van der Waals surface area contributed by atoms with E-state index in [1.165, 1.54) is 0 Å². The van der Waals surface area contributed by atoms with Crippen molar-refractivity contribution in [3.05, 3.63) is 70.2 Å². The van der Waals surface area contributed by atoms with Gasteiger partial charge >= 0.3 is 0 Å². The SMILES string of the molecule is COc1nc(-c2cccc(-c3cccc(-c4cnc(CN5CC[C@@H](CO)C5)c(OC)n4)c3Cl)c2Cl)cnc1CNC[C@@H]1CCC(=O)N1. The van der Waals surface area contributed by atoms with Crippen molar-refractivity contribution in [3.63, 3.8) is 0 Å². The number of nitrogens with one attached hydrogen (secondary N) is 2. The molecule has 0 bridgehead atoms. The Hall–Kier alpha value is -3.87. The van der Waals surface area contributed by atoms with Gasteiger partial charge in [0.1, 0.15) is 11.4 Å². The van der Waals surface area contributed by atoms with Crippen LogP contribution in [0.25, 0.3) is 33.6 Å². The predicted octanol–water partition coefficient (Wildman–Crippen LogP) is 4.77. The minimum atomic E-state index is 0.0835. The lowest BCUT2D eigenvalue weighted by molar-refractivity contribution is -0.119. The summed E-state index contributed by atoms with van der Waals surface area (Å²) in [5, 5.41) is 16.7. The summed E-state index contributed by atoms with van der Waals surface area (Å²) in [5.41, 5.74) is 5.36. The van der Waals surface area contributed by atoms with Crippen LogP contribution >= 0.6 is 23.2 Å². The molecule has 2 aromatic carbocycles. The van der Waals surface area contributed by atoms with Crippen LogP contribution in [-0.4, -0.2) is 82.4 Å². The Bertz CT molecular complexity index is 1760. The molecule has 0 spiro atoms. The number of hydrogen-bond donors (Lipinski definition) is 3. The second kappa shape index (κ2) is 14.9. The Morgan fingerprint density at radius 1 is 0.915 bits per heavy atom. The van der Waals surface area contributed by atoms with E-state index in [0.717, 1.165) is 42.8 Å². The Labute approximate surface area is 283 Å². The average Bonchev–Trinajstić information content (AvgIpc) is 3.73. The molecule has 2 aromatic heterocycles. The molecule has 3 N–H and O–H groups in total. The summed E-state index contributed by atoms with van der Waals surface area (Å²) in [6, 6.07) is 11.5. The summed E-state index contributed by atoms with van der Waals surface area (Å²) in [6.45, 7) is 3.57. The Balaban J connectivity index is 1.23. The number of methoxy groups -OCH3 is 2. The zero-order chi connectivity index (χ0) is 32.9. The topological polar surface area (TPSA) is 135 Å². The van der Waals surface area contributed by atoms with E-state index in [-0.39, 0.29) is 24.5 Å². The molecule has 246 valence electrons. The highest BCUT2D eigenvalue weighted by Crippen LogP contribution is 2.42. The van der Waals surface area contributed by atoms with Gasteiger partial charge in [-0.25, -0.2) is 9.97 Å². The third-order valence-corrected chi connectivity index (χ3v) is 9.43. The molecule has 0 radical (unpaired) electrons. The molecule has 2 fully saturated rings. The third-order valence-electron chi connectivity index (χ3n) is 8.62. The Kier molecular flexibility index (Phi) is 10.5. The normalized spacial score (nSPS) is 18.0. The maximum atomic E-state index is 11.5. The highest BCUT2D eigenvalue weighted by Gasteiger charge is 2.25. The van der Waals surface area contributed by atoms with Crippen LogP contribution < -0.4 is 20.1 Å². The molecule has 11 nitrogen and oxygen atoms in total. The molecule has 0 saturated carbocycles. The number of aliphatic hydroxyl groups excluding tert-OH is 1. The maximum Gasteiger partial charge on any atom is 0.237 e. The molecular weight excluding hydrogens is 641 g/mol. The van der Waals surface area contributed by atoms with Crippen LogP contribution in [0, 0.1) is 5.92 Å². The van der Waals surface area contributed by atoms with E-state index < -0.39 is 0 Å². The van der Waals surface area contributed by atoms with E-state index in [1.54, 1.807) is 26.6 Å². The molecule has 0 aliphatic carbocycles. The number of carbonyl (C=O) groups is 1. The van der Waals surface area contributed by atoms with Gasteiger partial charge in [0.2, 0.25) is 17.7 Å². The van der Waals surface area contributed by atoms with Gasteiger partial charge in [0.25, 0.3) is 0 Å². The number of rotatable bonds is 12. The molecule has 2 aliphatic heterocycles. The molecule has 2 aliphatic rings. The summed E-state index contributed by atoms with van der Waals surface area (Å²) >= 11 is 14.1. The Morgan fingerprint density at radius 3 is 2.06 bits per heavy atom. The average molecular weight is 679 g/mol. The fourth-order valence-corrected chi connectivity index (χ4v) is 6.75. The number of hydrogen-bond acceptors (Lipinski definition) is 10. The van der Waals surface area contributed by atoms with Crippen LogP contribution in [-0.2, 0) is 17.9 Å². The molecule has 4 heterocycles. The van der Waals surface area contributed by atoms with E-state index in [1.807, 2.05) is 36.4 Å². The zero-order valence-electron chi connectivity index (χ0n) is 26.3. The van der Waals surface area contributed by atoms with Crippen molar-refractivity contribution in [2.75, 3.05) is 40.5 Å². The lowest BCUT2D eigenvalue weighted by Crippen LogP contribution is -2.35. The van der Waals surface area contributed by atoms with Crippen LogP contribution in [0.3, 0.4) is 0 Å². The van der Waals surface area contributed by atoms with E-state index in [9.17, 15) is 9.90 Å². The highest BCUT2D eigenvalue weighted by molar-refractivity contribution is 6.39. The first-order valence-corrected chi connectivity index (χ1v) is 16.3. The van der Waals surface area contributed by atoms with Crippen molar-refractivity contribution in [1.29, 1.82) is 0 Å². The van der Waals surface area contributed by atoms with Gasteiger partial charge in [0, 0.05) is 67.5 Å². The van der Waals surface area contributed by atoms with E-state index >= 15 is 0 Å². The van der Waals surface area contributed by atoms with Crippen molar-refractivity contribution < 1.29 is 19.4 Å². The van der Waals surface area contributed by atoms with Crippen LogP contribution in [0.4, 0.5) is 0 Å². The summed E-state index contributed by atoms with van der Waals surface area (Å²) in [6.07, 6.45) is 5.72. The summed E-state index contributed by atoms with van der Waals surface area (Å²) in [4.78, 5) is 32.5. The van der Waals surface area contributed by atoms with Gasteiger partial charge in [-0.15, -0.1) is 0 Å². The zero-order valence-corrected chi connectivity index (χ0v) is 27.8. The van der Waals surface area contributed by atoms with Crippen LogP contribution in [0.2, 0.25) is 10.0 Å². The number of ether oxygens (including phenoxy) is 2. The third kappa shape index (κ3) is 7.34. The number of likely N-dealkylation sites (tertiary alicyclic amines) is 1. The molecular formula is C34H37Cl2N7O4. The first kappa shape index (κ1) is 33.0. The quantitative estimate of drug-likeness (QED) is 0.192. The molecule has 4 aromatic rings. The van der Waals surface area contributed by atoms with Crippen molar-refractivity contribution >= 4 is 29.1 Å². The van der Waals surface area contributed by atoms with E-state index in [0.29, 0.717) is 76.1 Å². The standard InChI is InChI=1S/C34H37Cl2N7O4/c1-46-33-28(14-37-13-21-9-10-30(45)40-21)38-15-26(41-33)24-7-3-5-22(31(24)35)23-6-4-8-25(32(23)36)27-16-39-29(34(42-27)47-2)18-43-12-11-20(17-43)19-44/h3-8,15-16,20-21,37,44H,9-14,17-19H2,1-2H3,(H,40,45)/t20-,21+/m1/s1. The fourth-order valence-electron chi connectivity index (χ4n) is 6.10. The van der Waals surface area contributed by atoms with Crippen molar-refractivity contribution in [2.45, 2.75) is 38.4 Å². The van der Waals surface area contributed by atoms with Gasteiger partial charge in [-0.3, -0.25) is 19.7 Å². The van der Waals surface area contributed by atoms with Crippen LogP contribution in [0.5, 0.6) is 11.8 Å². The Morgan fingerprint density at radius 2 is 1.51 bits per heavy atom. The largest absolute Gasteiger partial charge is 0.480 e. The van der Waals surface area contributed by atoms with Gasteiger partial charge in [-0.1, -0.05) is 59.6 Å². The molecule has 13 heteroatoms. The lowest BCUT2D eigenvalue weighted by atomic mass is 9.98. The second-order valence-corrected chi connectivity index (χ2v) is 12.5. The van der Waals surface area contributed by atoms with E-state index in [2.05, 4.69) is 20.5 Å². The number of aliphatic hydroxyl groups is 1. The minimum absolute atomic E-state index is 0.0835. The van der Waals surface area contributed by atoms with Gasteiger partial charge < -0.3 is 25.2 Å². The number of aromatic nitrogens is 4. The van der Waals surface area contributed by atoms with Crippen molar-refractivity contribution in [3.8, 4) is 45.4 Å². The summed E-state index contributed by atoms with van der Waals surface area (Å²) < 4.78 is 11.2. The minimum Gasteiger partial charge on any atom is -0.480 e. The van der Waals surface area contributed by atoms with Gasteiger partial charge in [-0.2, -0.15) is 0 Å². The molecule has 2 atom stereocenters. The maximum absolute atomic E-state index is 11.5. The number of benzene rings is 2. The molecule has 6 rings (SSSR count). The molecule has 0 unspecified atom stereocenters. The smallest absolute Gasteiger partial charge is 0.237 e. The monoisotopic (exact) mass is 677 g/mol. The second-order valence-electron chi connectivity index (χ2n) is 11.8. The molecule has 2 saturated heterocycles. The van der Waals surface area contributed by atoms with Crippen molar-refractivity contribution in [2.24, 2.45) is 5.92 Å². The van der Waals surface area contributed by atoms with Crippen LogP contribution in [0.15, 0.2) is 48.8 Å². The van der Waals surface area contributed by atoms with E-state index in [4.69, 9.17) is 47.6 Å². The number of nitrogens with zero attached hydrogens (tertiary/aromatic N) is 5. The first-order chi connectivity index (χ1) is 22.9. The van der Waals surface area contributed by atoms with Gasteiger partial charge in [0.05, 0.1) is 48.0 Å². The molecule has 47 heavy (non-hydrogen) atoms. The fraction of sp³-hybridized carbons (Fsp3) is 0.382. The van der Waals surface area contributed by atoms with Gasteiger partial charge in [-0.05, 0) is 25.3 Å². The highest BCUT2D eigenvalue weighted by atomic mass is 35.5. The predicted molar refractivity (Wildman–Crippen MR) is 180 cm³/mol. The van der Waals surface area contributed by atoms with Gasteiger partial charge in [0.15, 0.2) is 0 Å². The summed E-state index contributed by atoms with van der Waals surface area (Å²) in [7, 11) is 3.14. The number of amides is 1. The van der Waals surface area contributed by atoms with Crippen molar-refractivity contribution in [1.82, 2.24) is 35.5 Å². The summed E-state index contributed by atoms with van der Waals surface area (Å²) in [5.74, 6) is 1.20. The molecule has 1 amide bonds. The van der Waals surface area contributed by atoms with Crippen LogP contribution in [0.1, 0.15) is 30.7 Å². The first-order valence-electron chi connectivity index (χ1n) is 15.6. The lowest BCUT2D eigenvalue weighted by Gasteiger charge is -2.17.